The molecule has 3 rings (SSSR count). The monoisotopic (exact) mass is 413 g/mol. The second kappa shape index (κ2) is 10.1. The van der Waals surface area contributed by atoms with Crippen LogP contribution in [0.2, 0.25) is 0 Å². The molecule has 2 amide bonds. The van der Waals surface area contributed by atoms with E-state index in [-0.39, 0.29) is 13.0 Å². The Bertz CT molecular complexity index is 1190. The Labute approximate surface area is 181 Å². The molecule has 2 N–H and O–H groups in total. The number of terminal acetylenes is 1. The van der Waals surface area contributed by atoms with Crippen LogP contribution in [0.1, 0.15) is 23.1 Å². The number of fused-ring (bicyclic) bond motifs is 1. The molecule has 156 valence electrons. The van der Waals surface area contributed by atoms with Gasteiger partial charge in [-0.05, 0) is 53.9 Å². The summed E-state index contributed by atoms with van der Waals surface area (Å²) < 4.78 is 5.60. The molecule has 0 saturated carbocycles. The van der Waals surface area contributed by atoms with Gasteiger partial charge in [-0.15, -0.1) is 6.42 Å². The van der Waals surface area contributed by atoms with Crippen LogP contribution in [0.15, 0.2) is 59.7 Å². The Morgan fingerprint density at radius 1 is 1.06 bits per heavy atom. The lowest BCUT2D eigenvalue weighted by Crippen LogP contribution is -2.24. The minimum Gasteiger partial charge on any atom is -0.480 e. The number of hydrazone groups is 1. The summed E-state index contributed by atoms with van der Waals surface area (Å²) in [5, 5.41) is 8.63. The van der Waals surface area contributed by atoms with Gasteiger partial charge in [0.25, 0.3) is 0 Å². The molecule has 0 saturated heterocycles. The number of ether oxygens (including phenoxy) is 1. The van der Waals surface area contributed by atoms with Crippen LogP contribution in [-0.4, -0.2) is 24.6 Å². The predicted octanol–water partition coefficient (Wildman–Crippen LogP) is 3.95. The molecular formula is C25H23N3O3. The van der Waals surface area contributed by atoms with E-state index in [4.69, 9.17) is 11.2 Å². The molecule has 6 heteroatoms. The summed E-state index contributed by atoms with van der Waals surface area (Å²) in [5.41, 5.74) is 5.92. The number of rotatable bonds is 7. The number of anilines is 1. The van der Waals surface area contributed by atoms with Crippen molar-refractivity contribution < 1.29 is 14.3 Å². The molecule has 0 aliphatic heterocycles. The highest BCUT2D eigenvalue weighted by molar-refractivity contribution is 6.05. The average Bonchev–Trinajstić information content (AvgIpc) is 2.75. The van der Waals surface area contributed by atoms with E-state index >= 15 is 0 Å². The summed E-state index contributed by atoms with van der Waals surface area (Å²) in [6.07, 6.45) is 6.44. The van der Waals surface area contributed by atoms with Gasteiger partial charge in [0.05, 0.1) is 6.21 Å². The zero-order valence-electron chi connectivity index (χ0n) is 17.4. The van der Waals surface area contributed by atoms with Gasteiger partial charge in [0.2, 0.25) is 11.8 Å². The van der Waals surface area contributed by atoms with Gasteiger partial charge in [-0.1, -0.05) is 42.3 Å². The number of benzene rings is 3. The summed E-state index contributed by atoms with van der Waals surface area (Å²) in [7, 11) is 0. The van der Waals surface area contributed by atoms with Crippen LogP contribution in [0, 0.1) is 26.2 Å². The van der Waals surface area contributed by atoms with E-state index in [1.165, 1.54) is 6.21 Å². The van der Waals surface area contributed by atoms with Gasteiger partial charge in [-0.2, -0.15) is 5.10 Å². The summed E-state index contributed by atoms with van der Waals surface area (Å²) >= 11 is 0. The summed E-state index contributed by atoms with van der Waals surface area (Å²) in [6, 6.07) is 17.0. The van der Waals surface area contributed by atoms with Crippen LogP contribution in [0.25, 0.3) is 10.8 Å². The maximum atomic E-state index is 12.1. The van der Waals surface area contributed by atoms with Crippen LogP contribution >= 0.6 is 0 Å². The first-order chi connectivity index (χ1) is 15.0. The van der Waals surface area contributed by atoms with Crippen molar-refractivity contribution in [3.63, 3.8) is 0 Å². The van der Waals surface area contributed by atoms with Gasteiger partial charge in [-0.25, -0.2) is 5.43 Å². The molecule has 0 radical (unpaired) electrons. The number of aryl methyl sites for hydroxylation is 2. The van der Waals surface area contributed by atoms with Crippen molar-refractivity contribution in [2.24, 2.45) is 5.10 Å². The molecule has 0 unspecified atom stereocenters. The summed E-state index contributed by atoms with van der Waals surface area (Å²) in [4.78, 5) is 24.3. The second-order valence-electron chi connectivity index (χ2n) is 7.01. The zero-order valence-corrected chi connectivity index (χ0v) is 17.4. The fourth-order valence-corrected chi connectivity index (χ4v) is 3.03. The van der Waals surface area contributed by atoms with Gasteiger partial charge in [0, 0.05) is 11.3 Å². The predicted molar refractivity (Wildman–Crippen MR) is 123 cm³/mol. The van der Waals surface area contributed by atoms with E-state index in [9.17, 15) is 9.59 Å². The number of nitrogens with one attached hydrogen (secondary N) is 2. The topological polar surface area (TPSA) is 79.8 Å². The van der Waals surface area contributed by atoms with Crippen LogP contribution in [0.5, 0.6) is 5.75 Å². The first kappa shape index (κ1) is 21.6. The van der Waals surface area contributed by atoms with Crippen LogP contribution in [0.3, 0.4) is 0 Å². The molecule has 3 aromatic rings. The third-order valence-electron chi connectivity index (χ3n) is 4.74. The highest BCUT2D eigenvalue weighted by Gasteiger charge is 2.10. The largest absolute Gasteiger partial charge is 0.480 e. The Hall–Kier alpha value is -4.11. The Morgan fingerprint density at radius 2 is 1.87 bits per heavy atom. The third kappa shape index (κ3) is 5.71. The van der Waals surface area contributed by atoms with Crippen molar-refractivity contribution >= 4 is 34.5 Å². The Balaban J connectivity index is 1.66. The lowest BCUT2D eigenvalue weighted by Gasteiger charge is -2.10. The maximum absolute atomic E-state index is 12.1. The molecule has 0 atom stereocenters. The van der Waals surface area contributed by atoms with Gasteiger partial charge >= 0.3 is 0 Å². The van der Waals surface area contributed by atoms with Crippen molar-refractivity contribution in [3.05, 3.63) is 71.3 Å². The van der Waals surface area contributed by atoms with E-state index in [1.54, 1.807) is 12.1 Å². The van der Waals surface area contributed by atoms with Gasteiger partial charge in [0.15, 0.2) is 0 Å². The van der Waals surface area contributed by atoms with Crippen molar-refractivity contribution in [1.82, 2.24) is 5.43 Å². The molecule has 0 heterocycles. The van der Waals surface area contributed by atoms with Crippen molar-refractivity contribution in [2.45, 2.75) is 20.3 Å². The zero-order chi connectivity index (χ0) is 22.2. The van der Waals surface area contributed by atoms with Gasteiger partial charge < -0.3 is 10.1 Å². The fraction of sp³-hybridized carbons (Fsp3) is 0.160. The van der Waals surface area contributed by atoms with E-state index in [0.29, 0.717) is 17.0 Å². The number of carbonyl (C=O) groups excluding carboxylic acids is 2. The Kier molecular flexibility index (Phi) is 7.02. The molecule has 31 heavy (non-hydrogen) atoms. The Morgan fingerprint density at radius 3 is 2.65 bits per heavy atom. The van der Waals surface area contributed by atoms with E-state index < -0.39 is 11.8 Å². The smallest absolute Gasteiger partial charge is 0.249 e. The SMILES string of the molecule is C#CCOc1ccc2ccccc2c1C=NNC(=O)CC(=O)Nc1ccc(C)c(C)c1. The lowest BCUT2D eigenvalue weighted by atomic mass is 10.0. The van der Waals surface area contributed by atoms with Crippen LogP contribution in [-0.2, 0) is 9.59 Å². The minimum atomic E-state index is -0.524. The molecule has 0 spiro atoms. The van der Waals surface area contributed by atoms with Crippen molar-refractivity contribution in [3.8, 4) is 18.1 Å². The molecule has 3 aromatic carbocycles. The number of hydrogen-bond donors (Lipinski definition) is 2. The van der Waals surface area contributed by atoms with E-state index in [2.05, 4.69) is 21.8 Å². The standard InChI is InChI=1S/C25H23N3O3/c1-4-13-31-23-12-10-19-7-5-6-8-21(19)22(23)16-26-28-25(30)15-24(29)27-20-11-9-17(2)18(3)14-20/h1,5-12,14,16H,13,15H2,2-3H3,(H,27,29)(H,28,30). The molecule has 0 aromatic heterocycles. The second-order valence-corrected chi connectivity index (χ2v) is 7.01. The number of nitrogens with zero attached hydrogens (tertiary/aromatic N) is 1. The molecule has 0 aliphatic rings. The molecule has 0 bridgehead atoms. The average molecular weight is 413 g/mol. The maximum Gasteiger partial charge on any atom is 0.249 e. The number of amides is 2. The number of hydrogen-bond acceptors (Lipinski definition) is 4. The van der Waals surface area contributed by atoms with Crippen LogP contribution in [0.4, 0.5) is 5.69 Å². The molecular weight excluding hydrogens is 390 g/mol. The highest BCUT2D eigenvalue weighted by atomic mass is 16.5. The van der Waals surface area contributed by atoms with Crippen LogP contribution < -0.4 is 15.5 Å². The first-order valence-electron chi connectivity index (χ1n) is 9.75. The summed E-state index contributed by atoms with van der Waals surface area (Å²) in [5.74, 6) is 2.05. The molecule has 0 fully saturated rings. The van der Waals surface area contributed by atoms with E-state index in [1.807, 2.05) is 56.3 Å². The highest BCUT2D eigenvalue weighted by Crippen LogP contribution is 2.26. The van der Waals surface area contributed by atoms with Gasteiger partial charge in [0.1, 0.15) is 18.8 Å². The number of carbonyl (C=O) groups is 2. The lowest BCUT2D eigenvalue weighted by molar-refractivity contribution is -0.126. The van der Waals surface area contributed by atoms with Crippen molar-refractivity contribution in [2.75, 3.05) is 11.9 Å². The minimum absolute atomic E-state index is 0.115. The fourth-order valence-electron chi connectivity index (χ4n) is 3.03. The van der Waals surface area contributed by atoms with Crippen molar-refractivity contribution in [1.29, 1.82) is 0 Å². The quantitative estimate of drug-likeness (QED) is 0.266. The molecule has 0 aliphatic carbocycles. The first-order valence-corrected chi connectivity index (χ1v) is 9.75. The van der Waals surface area contributed by atoms with Gasteiger partial charge in [-0.3, -0.25) is 9.59 Å². The molecule has 6 nitrogen and oxygen atoms in total. The third-order valence-corrected chi connectivity index (χ3v) is 4.74. The van der Waals surface area contributed by atoms with E-state index in [0.717, 1.165) is 21.9 Å². The normalized spacial score (nSPS) is 10.6. The summed E-state index contributed by atoms with van der Waals surface area (Å²) in [6.45, 7) is 4.07.